The van der Waals surface area contributed by atoms with Crippen LogP contribution in [0.2, 0.25) is 0 Å². The van der Waals surface area contributed by atoms with Gasteiger partial charge >= 0.3 is 6.09 Å². The maximum Gasteiger partial charge on any atom is 0.414 e. The van der Waals surface area contributed by atoms with E-state index < -0.39 is 18.0 Å². The van der Waals surface area contributed by atoms with Crippen molar-refractivity contribution in [2.24, 2.45) is 10.9 Å². The molecule has 0 saturated carbocycles. The summed E-state index contributed by atoms with van der Waals surface area (Å²) in [6.07, 6.45) is 0.439. The number of amides is 2. The van der Waals surface area contributed by atoms with Crippen molar-refractivity contribution >= 4 is 29.6 Å². The summed E-state index contributed by atoms with van der Waals surface area (Å²) in [5.41, 5.74) is 0.931. The third-order valence-corrected chi connectivity index (χ3v) is 5.67. The maximum atomic E-state index is 15.0. The summed E-state index contributed by atoms with van der Waals surface area (Å²) in [4.78, 5) is 28.9. The van der Waals surface area contributed by atoms with E-state index in [1.165, 1.54) is 24.1 Å². The second-order valence-electron chi connectivity index (χ2n) is 8.03. The molecule has 2 aromatic rings. The van der Waals surface area contributed by atoms with E-state index in [-0.39, 0.29) is 19.0 Å². The molecule has 2 saturated heterocycles. The van der Waals surface area contributed by atoms with Crippen LogP contribution < -0.4 is 21.0 Å². The lowest BCUT2D eigenvalue weighted by Gasteiger charge is -2.36. The molecule has 0 aliphatic carbocycles. The number of hydrazone groups is 1. The number of furan rings is 1. The summed E-state index contributed by atoms with van der Waals surface area (Å²) in [7, 11) is 0. The minimum Gasteiger partial charge on any atom is -0.459 e. The van der Waals surface area contributed by atoms with Crippen molar-refractivity contribution in [1.82, 2.24) is 10.2 Å². The van der Waals surface area contributed by atoms with Gasteiger partial charge < -0.3 is 25.2 Å². The van der Waals surface area contributed by atoms with Gasteiger partial charge in [-0.1, -0.05) is 0 Å². The number of carbonyl (C=O) groups is 2. The van der Waals surface area contributed by atoms with Crippen molar-refractivity contribution in [3.8, 4) is 0 Å². The molecule has 1 aromatic heterocycles. The number of rotatable bonds is 7. The van der Waals surface area contributed by atoms with E-state index in [4.69, 9.17) is 15.0 Å². The molecule has 4 rings (SSSR count). The van der Waals surface area contributed by atoms with Gasteiger partial charge in [0.25, 0.3) is 0 Å². The van der Waals surface area contributed by atoms with Crippen LogP contribution >= 0.6 is 0 Å². The first-order valence-corrected chi connectivity index (χ1v) is 10.7. The highest BCUT2D eigenvalue weighted by atomic mass is 19.1. The summed E-state index contributed by atoms with van der Waals surface area (Å²) >= 11 is 0. The van der Waals surface area contributed by atoms with Gasteiger partial charge in [0, 0.05) is 33.1 Å². The zero-order chi connectivity index (χ0) is 23.4. The predicted octanol–water partition coefficient (Wildman–Crippen LogP) is 1.49. The minimum atomic E-state index is -0.551. The highest BCUT2D eigenvalue weighted by molar-refractivity contribution is 5.90. The molecule has 0 spiro atoms. The number of ether oxygens (including phenoxy) is 1. The molecule has 0 unspecified atom stereocenters. The molecule has 176 valence electrons. The van der Waals surface area contributed by atoms with Crippen LogP contribution in [0.1, 0.15) is 18.4 Å². The molecule has 2 aliphatic heterocycles. The monoisotopic (exact) mass is 458 g/mol. The van der Waals surface area contributed by atoms with Crippen molar-refractivity contribution in [2.45, 2.75) is 19.6 Å². The number of anilines is 2. The van der Waals surface area contributed by atoms with Gasteiger partial charge in [-0.05, 0) is 30.3 Å². The molecule has 11 heteroatoms. The lowest BCUT2D eigenvalue weighted by Crippen LogP contribution is -2.46. The van der Waals surface area contributed by atoms with Gasteiger partial charge in [0.15, 0.2) is 0 Å². The smallest absolute Gasteiger partial charge is 0.414 e. The number of nitrogens with zero attached hydrogens (tertiary/aromatic N) is 4. The van der Waals surface area contributed by atoms with Gasteiger partial charge in [-0.2, -0.15) is 5.10 Å². The van der Waals surface area contributed by atoms with Crippen LogP contribution in [0.4, 0.5) is 20.6 Å². The molecule has 0 bridgehead atoms. The molecule has 3 N–H and O–H groups in total. The van der Waals surface area contributed by atoms with Crippen molar-refractivity contribution in [3.63, 3.8) is 0 Å². The number of cyclic esters (lactones) is 1. The zero-order valence-electron chi connectivity index (χ0n) is 18.4. The van der Waals surface area contributed by atoms with Crippen molar-refractivity contribution in [3.05, 3.63) is 47.7 Å². The number of carbonyl (C=O) groups excluding carboxylic acids is 2. The minimum absolute atomic E-state index is 0.199. The third-order valence-electron chi connectivity index (χ3n) is 5.67. The van der Waals surface area contributed by atoms with Crippen LogP contribution in [0.3, 0.4) is 0 Å². The Labute approximate surface area is 190 Å². The number of benzene rings is 1. The highest BCUT2D eigenvalue weighted by Gasteiger charge is 2.33. The van der Waals surface area contributed by atoms with Gasteiger partial charge in [-0.3, -0.25) is 14.6 Å². The molecule has 1 atom stereocenters. The first kappa shape index (κ1) is 22.6. The fraction of sp³-hybridized carbons (Fsp3) is 0.409. The molecule has 0 radical (unpaired) electrons. The van der Waals surface area contributed by atoms with Crippen LogP contribution in [-0.2, 0) is 16.1 Å². The summed E-state index contributed by atoms with van der Waals surface area (Å²) < 4.78 is 25.9. The Kier molecular flexibility index (Phi) is 6.78. The van der Waals surface area contributed by atoms with Gasteiger partial charge in [0.1, 0.15) is 23.4 Å². The second kappa shape index (κ2) is 9.90. The van der Waals surface area contributed by atoms with E-state index in [2.05, 4.69) is 15.3 Å². The largest absolute Gasteiger partial charge is 0.459 e. The van der Waals surface area contributed by atoms with E-state index >= 15 is 0 Å². The number of nitrogens with one attached hydrogen (secondary N) is 1. The third kappa shape index (κ3) is 5.43. The van der Waals surface area contributed by atoms with Crippen LogP contribution in [0, 0.1) is 5.82 Å². The van der Waals surface area contributed by atoms with Crippen LogP contribution in [0.25, 0.3) is 0 Å². The lowest BCUT2D eigenvalue weighted by atomic mass is 10.2. The fourth-order valence-corrected chi connectivity index (χ4v) is 4.01. The highest BCUT2D eigenvalue weighted by Crippen LogP contribution is 2.28. The lowest BCUT2D eigenvalue weighted by molar-refractivity contribution is -0.119. The average Bonchev–Trinajstić information content (AvgIpc) is 3.39. The molecule has 3 heterocycles. The molecular weight excluding hydrogens is 431 g/mol. The van der Waals surface area contributed by atoms with E-state index in [0.717, 1.165) is 18.8 Å². The number of hydrogen-bond acceptors (Lipinski definition) is 8. The first-order chi connectivity index (χ1) is 15.9. The quantitative estimate of drug-likeness (QED) is 0.367. The van der Waals surface area contributed by atoms with Crippen LogP contribution in [0.15, 0.2) is 39.9 Å². The van der Waals surface area contributed by atoms with E-state index in [1.807, 2.05) is 17.0 Å². The van der Waals surface area contributed by atoms with E-state index in [0.29, 0.717) is 36.8 Å². The maximum absolute atomic E-state index is 15.0. The van der Waals surface area contributed by atoms with E-state index in [9.17, 15) is 14.0 Å². The molecule has 1 aromatic carbocycles. The molecule has 33 heavy (non-hydrogen) atoms. The van der Waals surface area contributed by atoms with Gasteiger partial charge in [0.2, 0.25) is 5.91 Å². The Morgan fingerprint density at radius 2 is 2.06 bits per heavy atom. The molecule has 2 fully saturated rings. The first-order valence-electron chi connectivity index (χ1n) is 10.7. The number of nitrogens with two attached hydrogens (primary N) is 1. The number of hydrogen-bond donors (Lipinski definition) is 2. The summed E-state index contributed by atoms with van der Waals surface area (Å²) in [5, 5.41) is 6.08. The Morgan fingerprint density at radius 1 is 1.27 bits per heavy atom. The summed E-state index contributed by atoms with van der Waals surface area (Å²) in [6, 6.07) is 8.48. The Bertz CT molecular complexity index is 1030. The van der Waals surface area contributed by atoms with Crippen LogP contribution in [0.5, 0.6) is 0 Å². The fourth-order valence-electron chi connectivity index (χ4n) is 4.01. The Hall–Kier alpha value is -3.60. The Balaban J connectivity index is 1.33. The average molecular weight is 458 g/mol. The van der Waals surface area contributed by atoms with Crippen LogP contribution in [-0.4, -0.2) is 68.5 Å². The van der Waals surface area contributed by atoms with Gasteiger partial charge in [-0.25, -0.2) is 9.18 Å². The molecule has 10 nitrogen and oxygen atoms in total. The zero-order valence-corrected chi connectivity index (χ0v) is 18.4. The number of halogens is 1. The van der Waals surface area contributed by atoms with Gasteiger partial charge in [0.05, 0.1) is 37.2 Å². The van der Waals surface area contributed by atoms with Crippen molar-refractivity contribution < 1.29 is 23.1 Å². The summed E-state index contributed by atoms with van der Waals surface area (Å²) in [5.74, 6) is 5.98. The summed E-state index contributed by atoms with van der Waals surface area (Å²) in [6.45, 7) is 5.37. The molecular formula is C22H27FN6O4. The second-order valence-corrected chi connectivity index (χ2v) is 8.03. The number of piperazine rings is 1. The normalized spacial score (nSPS) is 19.3. The topological polar surface area (TPSA) is 117 Å². The molecule has 2 amide bonds. The van der Waals surface area contributed by atoms with Crippen molar-refractivity contribution in [1.29, 1.82) is 0 Å². The predicted molar refractivity (Wildman–Crippen MR) is 121 cm³/mol. The standard InChI is InChI=1S/C22H27FN6O4/c1-15(30)25-11-19-14-29(22(31)33-19)16-2-5-21(20(23)10-16)28-8-6-27(7-9-28)13-18-4-3-17(32-18)12-26-24/h2-5,10,12,19H,6-9,11,13-14,24H2,1H3,(H,25,30)/b26-12+/t19-/m0/s1. The molecule has 2 aliphatic rings. The van der Waals surface area contributed by atoms with Gasteiger partial charge in [-0.15, -0.1) is 0 Å². The van der Waals surface area contributed by atoms with Crippen molar-refractivity contribution in [2.75, 3.05) is 49.1 Å². The van der Waals surface area contributed by atoms with E-state index in [1.54, 1.807) is 12.1 Å². The SMILES string of the molecule is CC(=O)NC[C@H]1CN(c2ccc(N3CCN(Cc4ccc(/C=N/N)o4)CC3)c(F)c2)C(=O)O1. The Morgan fingerprint density at radius 3 is 2.76 bits per heavy atom.